The summed E-state index contributed by atoms with van der Waals surface area (Å²) < 4.78 is 0. The van der Waals surface area contributed by atoms with Gasteiger partial charge in [0.15, 0.2) is 0 Å². The largest absolute Gasteiger partial charge is 0.396 e. The molecule has 0 bridgehead atoms. The molecule has 3 nitrogen and oxygen atoms in total. The van der Waals surface area contributed by atoms with Crippen LogP contribution < -0.4 is 11.1 Å². The number of hydrogen-bond acceptors (Lipinski definition) is 4. The molecule has 0 aliphatic rings. The van der Waals surface area contributed by atoms with Crippen molar-refractivity contribution in [2.45, 2.75) is 26.8 Å². The zero-order valence-electron chi connectivity index (χ0n) is 10.2. The Bertz CT molecular complexity index is 505. The van der Waals surface area contributed by atoms with Crippen molar-refractivity contribution in [3.05, 3.63) is 39.7 Å². The van der Waals surface area contributed by atoms with Gasteiger partial charge in [-0.1, -0.05) is 6.92 Å². The molecule has 2 rings (SSSR count). The first kappa shape index (κ1) is 11.9. The molecule has 0 radical (unpaired) electrons. The van der Waals surface area contributed by atoms with Crippen LogP contribution in [0.25, 0.3) is 0 Å². The summed E-state index contributed by atoms with van der Waals surface area (Å²) in [7, 11) is 0. The van der Waals surface area contributed by atoms with Gasteiger partial charge in [0.25, 0.3) is 0 Å². The Labute approximate surface area is 106 Å². The van der Waals surface area contributed by atoms with Crippen molar-refractivity contribution in [1.82, 2.24) is 4.98 Å². The number of nitrogen functional groups attached to an aromatic ring is 1. The average Bonchev–Trinajstić information content (AvgIpc) is 2.76. The van der Waals surface area contributed by atoms with E-state index in [1.165, 1.54) is 9.75 Å². The molecule has 0 amide bonds. The third-order valence-electron chi connectivity index (χ3n) is 2.55. The molecular weight excluding hydrogens is 230 g/mol. The van der Waals surface area contributed by atoms with Crippen LogP contribution >= 0.6 is 11.3 Å². The number of aromatic nitrogens is 1. The molecule has 0 atom stereocenters. The van der Waals surface area contributed by atoms with Gasteiger partial charge in [-0.25, -0.2) is 4.98 Å². The van der Waals surface area contributed by atoms with E-state index in [0.717, 1.165) is 24.3 Å². The molecule has 0 aliphatic carbocycles. The molecule has 0 fully saturated rings. The zero-order valence-corrected chi connectivity index (χ0v) is 11.0. The Hall–Kier alpha value is -1.55. The molecule has 3 N–H and O–H groups in total. The molecule has 90 valence electrons. The van der Waals surface area contributed by atoms with Gasteiger partial charge in [0.1, 0.15) is 5.82 Å². The number of aryl methyl sites for hydroxylation is 2. The van der Waals surface area contributed by atoms with Crippen LogP contribution in [0.4, 0.5) is 11.5 Å². The smallest absolute Gasteiger partial charge is 0.149 e. The first-order valence-electron chi connectivity index (χ1n) is 5.72. The fraction of sp³-hybridized carbons (Fsp3) is 0.308. The van der Waals surface area contributed by atoms with E-state index < -0.39 is 0 Å². The maximum absolute atomic E-state index is 5.90. The lowest BCUT2D eigenvalue weighted by Gasteiger charge is -2.07. The first-order valence-corrected chi connectivity index (χ1v) is 6.54. The fourth-order valence-corrected chi connectivity index (χ4v) is 2.52. The zero-order chi connectivity index (χ0) is 12.3. The maximum atomic E-state index is 5.90. The van der Waals surface area contributed by atoms with Gasteiger partial charge >= 0.3 is 0 Å². The lowest BCUT2D eigenvalue weighted by atomic mass is 10.3. The van der Waals surface area contributed by atoms with Crippen LogP contribution in [0.1, 0.15) is 22.2 Å². The molecule has 4 heteroatoms. The van der Waals surface area contributed by atoms with Crippen LogP contribution in [-0.2, 0) is 13.0 Å². The second kappa shape index (κ2) is 5.19. The van der Waals surface area contributed by atoms with Crippen LogP contribution in [0.5, 0.6) is 0 Å². The predicted molar refractivity (Wildman–Crippen MR) is 74.4 cm³/mol. The maximum Gasteiger partial charge on any atom is 0.149 e. The van der Waals surface area contributed by atoms with E-state index in [1.54, 1.807) is 0 Å². The molecule has 2 heterocycles. The average molecular weight is 247 g/mol. The number of nitrogens with zero attached hydrogens (tertiary/aromatic N) is 1. The highest BCUT2D eigenvalue weighted by molar-refractivity contribution is 7.12. The van der Waals surface area contributed by atoms with Crippen molar-refractivity contribution in [1.29, 1.82) is 0 Å². The highest BCUT2D eigenvalue weighted by Gasteiger charge is 2.02. The third kappa shape index (κ3) is 2.97. The molecule has 0 saturated heterocycles. The number of pyridine rings is 1. The number of nitrogens with one attached hydrogen (secondary N) is 1. The number of hydrogen-bond donors (Lipinski definition) is 2. The number of thiophene rings is 1. The van der Waals surface area contributed by atoms with E-state index in [-0.39, 0.29) is 0 Å². The number of rotatable bonds is 4. The van der Waals surface area contributed by atoms with Crippen LogP contribution in [-0.4, -0.2) is 4.98 Å². The predicted octanol–water partition coefficient (Wildman–Crippen LogP) is 3.21. The molecule has 0 aromatic carbocycles. The van der Waals surface area contributed by atoms with Gasteiger partial charge in [-0.3, -0.25) is 0 Å². The summed E-state index contributed by atoms with van der Waals surface area (Å²) in [6.45, 7) is 4.94. The summed E-state index contributed by atoms with van der Waals surface area (Å²) in [5, 5.41) is 3.27. The topological polar surface area (TPSA) is 50.9 Å². The number of nitrogens with two attached hydrogens (primary N) is 1. The van der Waals surface area contributed by atoms with E-state index in [2.05, 4.69) is 29.4 Å². The van der Waals surface area contributed by atoms with Crippen molar-refractivity contribution in [2.75, 3.05) is 11.1 Å². The minimum Gasteiger partial charge on any atom is -0.396 e. The van der Waals surface area contributed by atoms with E-state index in [4.69, 9.17) is 5.73 Å². The summed E-state index contributed by atoms with van der Waals surface area (Å²) >= 11 is 1.83. The third-order valence-corrected chi connectivity index (χ3v) is 3.78. The van der Waals surface area contributed by atoms with Gasteiger partial charge < -0.3 is 11.1 Å². The Kier molecular flexibility index (Phi) is 3.64. The quantitative estimate of drug-likeness (QED) is 0.872. The van der Waals surface area contributed by atoms with Gasteiger partial charge in [-0.2, -0.15) is 0 Å². The standard InChI is InChI=1S/C13H17N3S/c1-3-10-4-5-11(17-10)8-16-13-12(14)6-9(2)7-15-13/h4-7H,3,8,14H2,1-2H3,(H,15,16). The Balaban J connectivity index is 2.02. The fourth-order valence-electron chi connectivity index (χ4n) is 1.62. The highest BCUT2D eigenvalue weighted by Crippen LogP contribution is 2.20. The first-order chi connectivity index (χ1) is 8.19. The van der Waals surface area contributed by atoms with Crippen molar-refractivity contribution in [3.63, 3.8) is 0 Å². The number of anilines is 2. The second-order valence-corrected chi connectivity index (χ2v) is 5.28. The summed E-state index contributed by atoms with van der Waals surface area (Å²) in [5.41, 5.74) is 7.68. The van der Waals surface area contributed by atoms with Crippen LogP contribution in [0.2, 0.25) is 0 Å². The SMILES string of the molecule is CCc1ccc(CNc2ncc(C)cc2N)s1. The molecule has 0 unspecified atom stereocenters. The molecule has 0 spiro atoms. The minimum atomic E-state index is 0.706. The minimum absolute atomic E-state index is 0.706. The summed E-state index contributed by atoms with van der Waals surface area (Å²) in [6, 6.07) is 6.26. The van der Waals surface area contributed by atoms with Gasteiger partial charge in [0, 0.05) is 16.0 Å². The highest BCUT2D eigenvalue weighted by atomic mass is 32.1. The van der Waals surface area contributed by atoms with Crippen LogP contribution in [0, 0.1) is 6.92 Å². The molecule has 0 aliphatic heterocycles. The van der Waals surface area contributed by atoms with Crippen LogP contribution in [0.3, 0.4) is 0 Å². The lowest BCUT2D eigenvalue weighted by molar-refractivity contribution is 1.13. The van der Waals surface area contributed by atoms with E-state index in [1.807, 2.05) is 30.5 Å². The molecule has 0 saturated carbocycles. The lowest BCUT2D eigenvalue weighted by Crippen LogP contribution is -2.03. The van der Waals surface area contributed by atoms with Crippen LogP contribution in [0.15, 0.2) is 24.4 Å². The van der Waals surface area contributed by atoms with E-state index in [0.29, 0.717) is 5.69 Å². The Morgan fingerprint density at radius 2 is 2.12 bits per heavy atom. The molecule has 2 aromatic heterocycles. The molecule has 2 aromatic rings. The van der Waals surface area contributed by atoms with Crippen molar-refractivity contribution < 1.29 is 0 Å². The molecule has 17 heavy (non-hydrogen) atoms. The summed E-state index contributed by atoms with van der Waals surface area (Å²) in [4.78, 5) is 7.01. The van der Waals surface area contributed by atoms with Crippen molar-refractivity contribution in [3.8, 4) is 0 Å². The van der Waals surface area contributed by atoms with Gasteiger partial charge in [-0.05, 0) is 37.1 Å². The summed E-state index contributed by atoms with van der Waals surface area (Å²) in [5.74, 6) is 0.766. The Morgan fingerprint density at radius 3 is 2.76 bits per heavy atom. The van der Waals surface area contributed by atoms with Crippen molar-refractivity contribution in [2.24, 2.45) is 0 Å². The van der Waals surface area contributed by atoms with E-state index >= 15 is 0 Å². The molecular formula is C13H17N3S. The van der Waals surface area contributed by atoms with Gasteiger partial charge in [0.2, 0.25) is 0 Å². The summed E-state index contributed by atoms with van der Waals surface area (Å²) in [6.07, 6.45) is 2.92. The monoisotopic (exact) mass is 247 g/mol. The second-order valence-electron chi connectivity index (χ2n) is 4.03. The normalized spacial score (nSPS) is 10.5. The van der Waals surface area contributed by atoms with E-state index in [9.17, 15) is 0 Å². The van der Waals surface area contributed by atoms with Gasteiger partial charge in [-0.15, -0.1) is 11.3 Å². The van der Waals surface area contributed by atoms with Crippen molar-refractivity contribution >= 4 is 22.8 Å². The van der Waals surface area contributed by atoms with Gasteiger partial charge in [0.05, 0.1) is 12.2 Å². The Morgan fingerprint density at radius 1 is 1.35 bits per heavy atom.